The third kappa shape index (κ3) is 4.08. The van der Waals surface area contributed by atoms with Crippen LogP contribution in [0.25, 0.3) is 0 Å². The van der Waals surface area contributed by atoms with Crippen molar-refractivity contribution in [2.75, 3.05) is 6.54 Å². The first-order chi connectivity index (χ1) is 6.09. The lowest BCUT2D eigenvalue weighted by Gasteiger charge is -2.09. The van der Waals surface area contributed by atoms with Crippen LogP contribution in [-0.2, 0) is 4.79 Å². The van der Waals surface area contributed by atoms with Crippen LogP contribution in [0.4, 0.5) is 0 Å². The molecule has 0 bridgehead atoms. The fraction of sp³-hybridized carbons (Fsp3) is 0.700. The van der Waals surface area contributed by atoms with Gasteiger partial charge in [-0.2, -0.15) is 0 Å². The standard InChI is InChI=1S/C10H18N2O/c1-7(2)5-10(13)12-6-9(11)8-3-4-8/h5,8-9H,3-4,6,11H2,1-2H3,(H,12,13). The molecule has 0 aromatic heterocycles. The van der Waals surface area contributed by atoms with Crippen LogP contribution >= 0.6 is 0 Å². The van der Waals surface area contributed by atoms with Gasteiger partial charge >= 0.3 is 0 Å². The van der Waals surface area contributed by atoms with E-state index in [1.165, 1.54) is 12.8 Å². The Morgan fingerprint density at radius 1 is 1.62 bits per heavy atom. The summed E-state index contributed by atoms with van der Waals surface area (Å²) < 4.78 is 0. The quantitative estimate of drug-likeness (QED) is 0.632. The molecule has 0 spiro atoms. The lowest BCUT2D eigenvalue weighted by atomic mass is 10.2. The fourth-order valence-corrected chi connectivity index (χ4v) is 1.22. The van der Waals surface area contributed by atoms with Crippen LogP contribution in [0.2, 0.25) is 0 Å². The van der Waals surface area contributed by atoms with E-state index >= 15 is 0 Å². The molecule has 13 heavy (non-hydrogen) atoms. The van der Waals surface area contributed by atoms with Crippen molar-refractivity contribution in [2.24, 2.45) is 11.7 Å². The molecule has 1 amide bonds. The molecule has 0 heterocycles. The van der Waals surface area contributed by atoms with E-state index in [1.807, 2.05) is 13.8 Å². The van der Waals surface area contributed by atoms with Gasteiger partial charge < -0.3 is 11.1 Å². The summed E-state index contributed by atoms with van der Waals surface area (Å²) in [5.41, 5.74) is 6.83. The molecular formula is C10H18N2O. The van der Waals surface area contributed by atoms with Crippen LogP contribution in [-0.4, -0.2) is 18.5 Å². The van der Waals surface area contributed by atoms with Gasteiger partial charge in [-0.15, -0.1) is 0 Å². The van der Waals surface area contributed by atoms with Crippen molar-refractivity contribution < 1.29 is 4.79 Å². The van der Waals surface area contributed by atoms with E-state index in [4.69, 9.17) is 5.73 Å². The molecule has 1 rings (SSSR count). The topological polar surface area (TPSA) is 55.1 Å². The third-order valence-electron chi connectivity index (χ3n) is 2.16. The smallest absolute Gasteiger partial charge is 0.243 e. The fourth-order valence-electron chi connectivity index (χ4n) is 1.22. The van der Waals surface area contributed by atoms with E-state index in [0.717, 1.165) is 5.57 Å². The Balaban J connectivity index is 2.17. The maximum Gasteiger partial charge on any atom is 0.243 e. The Bertz CT molecular complexity index is 215. The zero-order valence-electron chi connectivity index (χ0n) is 8.34. The van der Waals surface area contributed by atoms with Crippen LogP contribution in [0.15, 0.2) is 11.6 Å². The van der Waals surface area contributed by atoms with Gasteiger partial charge in [-0.25, -0.2) is 0 Å². The predicted molar refractivity (Wildman–Crippen MR) is 53.1 cm³/mol. The van der Waals surface area contributed by atoms with Gasteiger partial charge in [0, 0.05) is 18.7 Å². The number of allylic oxidation sites excluding steroid dienone is 1. The van der Waals surface area contributed by atoms with Gasteiger partial charge in [-0.3, -0.25) is 4.79 Å². The molecule has 74 valence electrons. The first-order valence-electron chi connectivity index (χ1n) is 4.78. The minimum atomic E-state index is -0.0314. The Morgan fingerprint density at radius 3 is 2.69 bits per heavy atom. The first-order valence-corrected chi connectivity index (χ1v) is 4.78. The van der Waals surface area contributed by atoms with Crippen molar-refractivity contribution in [3.05, 3.63) is 11.6 Å². The van der Waals surface area contributed by atoms with Crippen molar-refractivity contribution in [3.8, 4) is 0 Å². The largest absolute Gasteiger partial charge is 0.351 e. The molecule has 3 N–H and O–H groups in total. The minimum Gasteiger partial charge on any atom is -0.351 e. The van der Waals surface area contributed by atoms with Crippen molar-refractivity contribution in [1.82, 2.24) is 5.32 Å². The highest BCUT2D eigenvalue weighted by molar-refractivity contribution is 5.88. The van der Waals surface area contributed by atoms with Gasteiger partial charge in [0.15, 0.2) is 0 Å². The zero-order chi connectivity index (χ0) is 9.84. The lowest BCUT2D eigenvalue weighted by molar-refractivity contribution is -0.116. The number of carbonyl (C=O) groups is 1. The Hall–Kier alpha value is -0.830. The van der Waals surface area contributed by atoms with Crippen LogP contribution in [0.3, 0.4) is 0 Å². The van der Waals surface area contributed by atoms with Crippen molar-refractivity contribution >= 4 is 5.91 Å². The number of amides is 1. The van der Waals surface area contributed by atoms with Gasteiger partial charge in [0.25, 0.3) is 0 Å². The molecule has 0 aliphatic heterocycles. The SMILES string of the molecule is CC(C)=CC(=O)NCC(N)C1CC1. The number of carbonyl (C=O) groups excluding carboxylic acids is 1. The van der Waals surface area contributed by atoms with E-state index in [0.29, 0.717) is 12.5 Å². The second kappa shape index (κ2) is 4.42. The summed E-state index contributed by atoms with van der Waals surface area (Å²) in [6, 6.07) is 0.148. The molecule has 1 atom stereocenters. The van der Waals surface area contributed by atoms with Crippen molar-refractivity contribution in [1.29, 1.82) is 0 Å². The van der Waals surface area contributed by atoms with E-state index in [-0.39, 0.29) is 11.9 Å². The molecule has 0 radical (unpaired) electrons. The molecule has 1 saturated carbocycles. The molecular weight excluding hydrogens is 164 g/mol. The van der Waals surface area contributed by atoms with Gasteiger partial charge in [0.05, 0.1) is 0 Å². The molecule has 1 fully saturated rings. The summed E-state index contributed by atoms with van der Waals surface area (Å²) in [7, 11) is 0. The van der Waals surface area contributed by atoms with Crippen molar-refractivity contribution in [3.63, 3.8) is 0 Å². The maximum absolute atomic E-state index is 11.2. The second-order valence-electron chi connectivity index (χ2n) is 3.97. The zero-order valence-corrected chi connectivity index (χ0v) is 8.34. The van der Waals surface area contributed by atoms with Gasteiger partial charge in [-0.05, 0) is 32.6 Å². The maximum atomic E-state index is 11.2. The Labute approximate surface area is 79.4 Å². The number of nitrogens with two attached hydrogens (primary N) is 1. The molecule has 1 aliphatic rings. The monoisotopic (exact) mass is 182 g/mol. The molecule has 3 heteroatoms. The molecule has 0 saturated heterocycles. The van der Waals surface area contributed by atoms with E-state index in [9.17, 15) is 4.79 Å². The summed E-state index contributed by atoms with van der Waals surface area (Å²) >= 11 is 0. The van der Waals surface area contributed by atoms with Crippen LogP contribution in [0.1, 0.15) is 26.7 Å². The molecule has 0 aromatic carbocycles. The van der Waals surface area contributed by atoms with Crippen LogP contribution in [0, 0.1) is 5.92 Å². The number of hydrogen-bond acceptors (Lipinski definition) is 2. The summed E-state index contributed by atoms with van der Waals surface area (Å²) in [5, 5.41) is 2.79. The van der Waals surface area contributed by atoms with E-state index in [2.05, 4.69) is 5.32 Å². The van der Waals surface area contributed by atoms with E-state index in [1.54, 1.807) is 6.08 Å². The summed E-state index contributed by atoms with van der Waals surface area (Å²) in [5.74, 6) is 0.614. The summed E-state index contributed by atoms with van der Waals surface area (Å²) in [6.45, 7) is 4.41. The normalized spacial score (nSPS) is 17.8. The van der Waals surface area contributed by atoms with Gasteiger partial charge in [0.2, 0.25) is 5.91 Å². The first kappa shape index (κ1) is 10.3. The summed E-state index contributed by atoms with van der Waals surface area (Å²) in [6.07, 6.45) is 4.04. The van der Waals surface area contributed by atoms with Crippen LogP contribution < -0.4 is 11.1 Å². The third-order valence-corrected chi connectivity index (χ3v) is 2.16. The molecule has 3 nitrogen and oxygen atoms in total. The predicted octanol–water partition coefficient (Wildman–Crippen LogP) is 0.806. The van der Waals surface area contributed by atoms with Gasteiger partial charge in [-0.1, -0.05) is 5.57 Å². The Kier molecular flexibility index (Phi) is 3.48. The number of rotatable bonds is 4. The van der Waals surface area contributed by atoms with Crippen molar-refractivity contribution in [2.45, 2.75) is 32.7 Å². The number of nitrogens with one attached hydrogen (secondary N) is 1. The Morgan fingerprint density at radius 2 is 2.23 bits per heavy atom. The second-order valence-corrected chi connectivity index (χ2v) is 3.97. The highest BCUT2D eigenvalue weighted by atomic mass is 16.1. The number of hydrogen-bond donors (Lipinski definition) is 2. The lowest BCUT2D eigenvalue weighted by Crippen LogP contribution is -2.37. The average Bonchev–Trinajstić information content (AvgIpc) is 2.80. The average molecular weight is 182 g/mol. The molecule has 1 unspecified atom stereocenters. The highest BCUT2D eigenvalue weighted by Crippen LogP contribution is 2.31. The molecule has 1 aliphatic carbocycles. The summed E-state index contributed by atoms with van der Waals surface area (Å²) in [4.78, 5) is 11.2. The van der Waals surface area contributed by atoms with Gasteiger partial charge in [0.1, 0.15) is 0 Å². The minimum absolute atomic E-state index is 0.0314. The van der Waals surface area contributed by atoms with E-state index < -0.39 is 0 Å². The van der Waals surface area contributed by atoms with Crippen LogP contribution in [0.5, 0.6) is 0 Å². The molecule has 0 aromatic rings. The highest BCUT2D eigenvalue weighted by Gasteiger charge is 2.28.